The summed E-state index contributed by atoms with van der Waals surface area (Å²) in [5.41, 5.74) is -1.92. The number of nitrogens with one attached hydrogen (secondary N) is 1. The lowest BCUT2D eigenvalue weighted by Gasteiger charge is -2.17. The molecular formula is C15H17FN2O8. The molecule has 11 heteroatoms. The number of aliphatic hydroxyl groups is 1. The van der Waals surface area contributed by atoms with Crippen molar-refractivity contribution >= 4 is 18.0 Å². The fourth-order valence-corrected chi connectivity index (χ4v) is 2.43. The van der Waals surface area contributed by atoms with Crippen molar-refractivity contribution in [1.29, 1.82) is 0 Å². The van der Waals surface area contributed by atoms with Crippen LogP contribution in [0.5, 0.6) is 0 Å². The SMILES string of the molecule is COC(=O)/C=C/c1cn([C@@H]2O[C@H](CO)C(OC(C)=O)[C@@H]2F)c(=O)[nH]c1=O. The van der Waals surface area contributed by atoms with E-state index in [4.69, 9.17) is 9.47 Å². The van der Waals surface area contributed by atoms with E-state index in [1.165, 1.54) is 0 Å². The molecule has 0 aliphatic carbocycles. The van der Waals surface area contributed by atoms with Crippen LogP contribution in [-0.4, -0.2) is 58.7 Å². The highest BCUT2D eigenvalue weighted by Crippen LogP contribution is 2.32. The van der Waals surface area contributed by atoms with Crippen molar-refractivity contribution in [3.63, 3.8) is 0 Å². The molecule has 1 aliphatic rings. The fraction of sp³-hybridized carbons (Fsp3) is 0.467. The van der Waals surface area contributed by atoms with Crippen molar-refractivity contribution in [3.05, 3.63) is 38.7 Å². The summed E-state index contributed by atoms with van der Waals surface area (Å²) in [6.07, 6.45) is -3.12. The number of H-pyrrole nitrogens is 1. The number of rotatable bonds is 5. The first kappa shape index (κ1) is 19.5. The second-order valence-corrected chi connectivity index (χ2v) is 5.37. The summed E-state index contributed by atoms with van der Waals surface area (Å²) in [6, 6.07) is 0. The summed E-state index contributed by atoms with van der Waals surface area (Å²) >= 11 is 0. The maximum atomic E-state index is 14.7. The van der Waals surface area contributed by atoms with Crippen LogP contribution in [0.15, 0.2) is 21.9 Å². The lowest BCUT2D eigenvalue weighted by molar-refractivity contribution is -0.152. The molecule has 26 heavy (non-hydrogen) atoms. The highest BCUT2D eigenvalue weighted by atomic mass is 19.1. The van der Waals surface area contributed by atoms with E-state index in [1.807, 2.05) is 4.98 Å². The number of aromatic nitrogens is 2. The Morgan fingerprint density at radius 3 is 2.73 bits per heavy atom. The number of methoxy groups -OCH3 is 1. The van der Waals surface area contributed by atoms with E-state index in [0.717, 1.165) is 36.9 Å². The van der Waals surface area contributed by atoms with Crippen LogP contribution < -0.4 is 11.2 Å². The van der Waals surface area contributed by atoms with Crippen LogP contribution in [0, 0.1) is 0 Å². The largest absolute Gasteiger partial charge is 0.466 e. The van der Waals surface area contributed by atoms with Crippen LogP contribution in [0.1, 0.15) is 18.7 Å². The minimum atomic E-state index is -1.97. The lowest BCUT2D eigenvalue weighted by atomic mass is 10.1. The number of hydrogen-bond donors (Lipinski definition) is 2. The Kier molecular flexibility index (Phi) is 6.05. The molecule has 1 unspecified atom stereocenters. The molecule has 1 aliphatic heterocycles. The number of hydrogen-bond acceptors (Lipinski definition) is 8. The van der Waals surface area contributed by atoms with Crippen molar-refractivity contribution in [2.45, 2.75) is 31.5 Å². The first-order chi connectivity index (χ1) is 12.3. The molecule has 1 aromatic heterocycles. The molecule has 0 saturated carbocycles. The van der Waals surface area contributed by atoms with E-state index in [1.54, 1.807) is 0 Å². The van der Waals surface area contributed by atoms with Crippen molar-refractivity contribution in [1.82, 2.24) is 9.55 Å². The van der Waals surface area contributed by atoms with Gasteiger partial charge in [-0.2, -0.15) is 0 Å². The molecule has 1 aromatic rings. The zero-order valence-electron chi connectivity index (χ0n) is 13.9. The van der Waals surface area contributed by atoms with Crippen LogP contribution in [0.3, 0.4) is 0 Å². The number of aromatic amines is 1. The molecule has 4 atom stereocenters. The van der Waals surface area contributed by atoms with Gasteiger partial charge in [0, 0.05) is 19.2 Å². The molecule has 0 spiro atoms. The first-order valence-electron chi connectivity index (χ1n) is 7.47. The Morgan fingerprint density at radius 1 is 1.46 bits per heavy atom. The second-order valence-electron chi connectivity index (χ2n) is 5.37. The van der Waals surface area contributed by atoms with Gasteiger partial charge >= 0.3 is 17.6 Å². The number of aliphatic hydroxyl groups excluding tert-OH is 1. The van der Waals surface area contributed by atoms with Crippen LogP contribution in [0.25, 0.3) is 6.08 Å². The van der Waals surface area contributed by atoms with E-state index < -0.39 is 54.4 Å². The van der Waals surface area contributed by atoms with E-state index in [-0.39, 0.29) is 5.56 Å². The number of alkyl halides is 1. The molecule has 2 N–H and O–H groups in total. The van der Waals surface area contributed by atoms with Crippen molar-refractivity contribution in [2.24, 2.45) is 0 Å². The quantitative estimate of drug-likeness (QED) is 0.490. The Bertz CT molecular complexity index is 830. The molecule has 0 aromatic carbocycles. The Labute approximate surface area is 145 Å². The second kappa shape index (κ2) is 8.06. The summed E-state index contributed by atoms with van der Waals surface area (Å²) < 4.78 is 29.9. The molecule has 2 heterocycles. The average molecular weight is 372 g/mol. The van der Waals surface area contributed by atoms with Gasteiger partial charge in [0.25, 0.3) is 5.56 Å². The van der Waals surface area contributed by atoms with Crippen LogP contribution in [0.4, 0.5) is 4.39 Å². The van der Waals surface area contributed by atoms with Gasteiger partial charge in [-0.25, -0.2) is 14.0 Å². The monoisotopic (exact) mass is 372 g/mol. The molecule has 142 valence electrons. The predicted octanol–water partition coefficient (Wildman–Crippen LogP) is -1.12. The van der Waals surface area contributed by atoms with Gasteiger partial charge in [-0.1, -0.05) is 0 Å². The standard InChI is InChI=1S/C15H17FN2O8/c1-7(20)25-12-9(6-19)26-14(11(12)16)18-5-8(3-4-10(21)24-2)13(22)17-15(18)23/h3-5,9,11-12,14,19H,6H2,1-2H3,(H,17,22,23)/b4-3+/t9-,11+,12?,14-/m1/s1. The van der Waals surface area contributed by atoms with Gasteiger partial charge in [-0.15, -0.1) is 0 Å². The van der Waals surface area contributed by atoms with Gasteiger partial charge < -0.3 is 19.3 Å². The molecule has 10 nitrogen and oxygen atoms in total. The zero-order valence-corrected chi connectivity index (χ0v) is 13.9. The smallest absolute Gasteiger partial charge is 0.330 e. The topological polar surface area (TPSA) is 137 Å². The number of nitrogens with zero attached hydrogens (tertiary/aromatic N) is 1. The van der Waals surface area contributed by atoms with Crippen LogP contribution >= 0.6 is 0 Å². The number of esters is 2. The van der Waals surface area contributed by atoms with Gasteiger partial charge in [-0.05, 0) is 6.08 Å². The third-order valence-corrected chi connectivity index (χ3v) is 3.62. The summed E-state index contributed by atoms with van der Waals surface area (Å²) in [4.78, 5) is 48.0. The highest BCUT2D eigenvalue weighted by Gasteiger charge is 2.48. The number of carbonyl (C=O) groups is 2. The average Bonchev–Trinajstić information content (AvgIpc) is 2.89. The summed E-state index contributed by atoms with van der Waals surface area (Å²) in [7, 11) is 1.14. The maximum Gasteiger partial charge on any atom is 0.330 e. The molecular weight excluding hydrogens is 355 g/mol. The number of halogens is 1. The predicted molar refractivity (Wildman–Crippen MR) is 83.8 cm³/mol. The third-order valence-electron chi connectivity index (χ3n) is 3.62. The van der Waals surface area contributed by atoms with Crippen molar-refractivity contribution in [3.8, 4) is 0 Å². The molecule has 1 saturated heterocycles. The summed E-state index contributed by atoms with van der Waals surface area (Å²) in [6.45, 7) is 0.415. The van der Waals surface area contributed by atoms with Crippen molar-refractivity contribution < 1.29 is 33.3 Å². The molecule has 2 rings (SSSR count). The minimum absolute atomic E-state index is 0.137. The number of ether oxygens (including phenoxy) is 3. The molecule has 0 radical (unpaired) electrons. The molecule has 0 bridgehead atoms. The van der Waals surface area contributed by atoms with Gasteiger partial charge in [0.05, 0.1) is 19.3 Å². The van der Waals surface area contributed by atoms with Crippen LogP contribution in [0.2, 0.25) is 0 Å². The minimum Gasteiger partial charge on any atom is -0.466 e. The van der Waals surface area contributed by atoms with E-state index >= 15 is 0 Å². The number of carbonyl (C=O) groups excluding carboxylic acids is 2. The zero-order chi connectivity index (χ0) is 19.4. The fourth-order valence-electron chi connectivity index (χ4n) is 2.43. The Morgan fingerprint density at radius 2 is 2.15 bits per heavy atom. The normalized spacial score (nSPS) is 25.4. The summed E-state index contributed by atoms with van der Waals surface area (Å²) in [5.74, 6) is -1.52. The van der Waals surface area contributed by atoms with E-state index in [9.17, 15) is 28.7 Å². The molecule has 0 amide bonds. The highest BCUT2D eigenvalue weighted by molar-refractivity contribution is 5.86. The van der Waals surface area contributed by atoms with Gasteiger partial charge in [0.15, 0.2) is 18.5 Å². The van der Waals surface area contributed by atoms with Gasteiger partial charge in [0.1, 0.15) is 6.10 Å². The maximum absolute atomic E-state index is 14.7. The first-order valence-corrected chi connectivity index (χ1v) is 7.47. The van der Waals surface area contributed by atoms with E-state index in [0.29, 0.717) is 0 Å². The Balaban J connectivity index is 2.40. The van der Waals surface area contributed by atoms with E-state index in [2.05, 4.69) is 4.74 Å². The molecule has 1 fully saturated rings. The Hall–Kier alpha value is -2.79. The summed E-state index contributed by atoms with van der Waals surface area (Å²) in [5, 5.41) is 9.28. The van der Waals surface area contributed by atoms with Crippen LogP contribution in [-0.2, 0) is 23.8 Å². The van der Waals surface area contributed by atoms with Gasteiger partial charge in [0.2, 0.25) is 0 Å². The van der Waals surface area contributed by atoms with Crippen molar-refractivity contribution in [2.75, 3.05) is 13.7 Å². The third kappa shape index (κ3) is 4.06. The lowest BCUT2D eigenvalue weighted by Crippen LogP contribution is -2.38. The van der Waals surface area contributed by atoms with Gasteiger partial charge in [-0.3, -0.25) is 19.1 Å².